The number of aromatic nitrogens is 1. The number of rotatable bonds is 2. The van der Waals surface area contributed by atoms with Gasteiger partial charge in [0.1, 0.15) is 5.75 Å². The van der Waals surface area contributed by atoms with E-state index in [4.69, 9.17) is 0 Å². The van der Waals surface area contributed by atoms with Crippen LogP contribution in [0, 0.1) is 0 Å². The molecule has 0 spiro atoms. The molecule has 3 nitrogen and oxygen atoms in total. The molecule has 1 aromatic heterocycles. The molecule has 0 fully saturated rings. The number of aromatic amines is 1. The van der Waals surface area contributed by atoms with Gasteiger partial charge in [-0.15, -0.1) is 0 Å². The van der Waals surface area contributed by atoms with Gasteiger partial charge in [-0.2, -0.15) is 0 Å². The number of carbonyl (C=O) groups is 1. The second kappa shape index (κ2) is 3.42. The summed E-state index contributed by atoms with van der Waals surface area (Å²) in [6, 6.07) is 5.36. The Kier molecular flexibility index (Phi) is 2.23. The van der Waals surface area contributed by atoms with Crippen LogP contribution in [0.1, 0.15) is 35.8 Å². The molecule has 0 aliphatic carbocycles. The summed E-state index contributed by atoms with van der Waals surface area (Å²) in [5.41, 5.74) is 2.35. The predicted molar refractivity (Wildman–Crippen MR) is 59.4 cm³/mol. The van der Waals surface area contributed by atoms with E-state index >= 15 is 0 Å². The first kappa shape index (κ1) is 9.77. The molecule has 0 saturated heterocycles. The molecular formula is C12H13NO2. The van der Waals surface area contributed by atoms with Crippen LogP contribution in [0.15, 0.2) is 18.2 Å². The number of fused-ring (bicyclic) bond motifs is 1. The topological polar surface area (TPSA) is 53.1 Å². The van der Waals surface area contributed by atoms with Crippen molar-refractivity contribution in [2.45, 2.75) is 19.8 Å². The molecule has 0 saturated carbocycles. The normalized spacial score (nSPS) is 11.1. The molecule has 1 aromatic carbocycles. The van der Waals surface area contributed by atoms with Crippen LogP contribution in [-0.2, 0) is 0 Å². The van der Waals surface area contributed by atoms with E-state index in [2.05, 4.69) is 18.8 Å². The standard InChI is InChI=1S/C12H13NO2/c1-7(2)8-3-11-10(12(15)4-8)5-9(6-14)13-11/h3-7,13,15H,1-2H3. The minimum atomic E-state index is 0.223. The van der Waals surface area contributed by atoms with Crippen molar-refractivity contribution in [2.24, 2.45) is 0 Å². The molecule has 0 amide bonds. The maximum Gasteiger partial charge on any atom is 0.166 e. The lowest BCUT2D eigenvalue weighted by molar-refractivity contribution is 0.112. The second-order valence-corrected chi connectivity index (χ2v) is 4.00. The number of H-pyrrole nitrogens is 1. The molecule has 0 atom stereocenters. The van der Waals surface area contributed by atoms with Gasteiger partial charge in [0.15, 0.2) is 6.29 Å². The van der Waals surface area contributed by atoms with E-state index in [1.165, 1.54) is 0 Å². The number of hydrogen-bond acceptors (Lipinski definition) is 2. The third-order valence-corrected chi connectivity index (χ3v) is 2.55. The first-order valence-electron chi connectivity index (χ1n) is 4.92. The summed E-state index contributed by atoms with van der Waals surface area (Å²) >= 11 is 0. The predicted octanol–water partition coefficient (Wildman–Crippen LogP) is 2.81. The van der Waals surface area contributed by atoms with Crippen molar-refractivity contribution in [3.8, 4) is 5.75 Å². The van der Waals surface area contributed by atoms with Gasteiger partial charge < -0.3 is 10.1 Å². The Morgan fingerprint density at radius 2 is 2.07 bits per heavy atom. The zero-order valence-corrected chi connectivity index (χ0v) is 8.74. The summed E-state index contributed by atoms with van der Waals surface area (Å²) in [5, 5.41) is 10.5. The Labute approximate surface area is 87.7 Å². The van der Waals surface area contributed by atoms with Gasteiger partial charge in [0, 0.05) is 10.9 Å². The number of phenols is 1. The largest absolute Gasteiger partial charge is 0.507 e. The minimum absolute atomic E-state index is 0.223. The number of phenolic OH excluding ortho intramolecular Hbond substituents is 1. The van der Waals surface area contributed by atoms with Gasteiger partial charge in [-0.1, -0.05) is 13.8 Å². The van der Waals surface area contributed by atoms with Crippen molar-refractivity contribution in [3.05, 3.63) is 29.5 Å². The van der Waals surface area contributed by atoms with E-state index in [-0.39, 0.29) is 5.75 Å². The summed E-state index contributed by atoms with van der Waals surface area (Å²) in [4.78, 5) is 13.5. The number of nitrogens with one attached hydrogen (secondary N) is 1. The van der Waals surface area contributed by atoms with E-state index in [1.807, 2.05) is 6.07 Å². The van der Waals surface area contributed by atoms with Crippen molar-refractivity contribution in [2.75, 3.05) is 0 Å². The summed E-state index contributed by atoms with van der Waals surface area (Å²) in [7, 11) is 0. The van der Waals surface area contributed by atoms with Crippen molar-refractivity contribution in [3.63, 3.8) is 0 Å². The zero-order chi connectivity index (χ0) is 11.0. The highest BCUT2D eigenvalue weighted by Gasteiger charge is 2.08. The third-order valence-electron chi connectivity index (χ3n) is 2.55. The van der Waals surface area contributed by atoms with Crippen molar-refractivity contribution < 1.29 is 9.90 Å². The van der Waals surface area contributed by atoms with Crippen LogP contribution in [-0.4, -0.2) is 16.4 Å². The molecule has 2 N–H and O–H groups in total. The Bertz CT molecular complexity index is 512. The highest BCUT2D eigenvalue weighted by molar-refractivity contribution is 5.92. The number of aldehydes is 1. The highest BCUT2D eigenvalue weighted by atomic mass is 16.3. The Morgan fingerprint density at radius 3 is 2.67 bits per heavy atom. The molecule has 0 radical (unpaired) electrons. The van der Waals surface area contributed by atoms with Crippen LogP contribution in [0.4, 0.5) is 0 Å². The molecular weight excluding hydrogens is 190 g/mol. The van der Waals surface area contributed by atoms with Crippen LogP contribution in [0.25, 0.3) is 10.9 Å². The van der Waals surface area contributed by atoms with Gasteiger partial charge in [0.2, 0.25) is 0 Å². The van der Waals surface area contributed by atoms with E-state index in [1.54, 1.807) is 12.1 Å². The van der Waals surface area contributed by atoms with Gasteiger partial charge in [0.25, 0.3) is 0 Å². The average molecular weight is 203 g/mol. The molecule has 78 valence electrons. The first-order chi connectivity index (χ1) is 7.11. The lowest BCUT2D eigenvalue weighted by Crippen LogP contribution is -1.86. The van der Waals surface area contributed by atoms with Gasteiger partial charge in [-0.05, 0) is 29.7 Å². The van der Waals surface area contributed by atoms with E-state index in [9.17, 15) is 9.90 Å². The highest BCUT2D eigenvalue weighted by Crippen LogP contribution is 2.29. The fourth-order valence-corrected chi connectivity index (χ4v) is 1.66. The molecule has 0 aliphatic heterocycles. The van der Waals surface area contributed by atoms with Crippen molar-refractivity contribution in [1.29, 1.82) is 0 Å². The smallest absolute Gasteiger partial charge is 0.166 e. The lowest BCUT2D eigenvalue weighted by Gasteiger charge is -2.06. The van der Waals surface area contributed by atoms with Crippen LogP contribution in [0.3, 0.4) is 0 Å². The average Bonchev–Trinajstić information content (AvgIpc) is 2.61. The summed E-state index contributed by atoms with van der Waals surface area (Å²) in [6.45, 7) is 4.12. The van der Waals surface area contributed by atoms with Crippen LogP contribution < -0.4 is 0 Å². The van der Waals surface area contributed by atoms with Crippen LogP contribution in [0.5, 0.6) is 5.75 Å². The fourth-order valence-electron chi connectivity index (χ4n) is 1.66. The third kappa shape index (κ3) is 1.61. The minimum Gasteiger partial charge on any atom is -0.507 e. The lowest BCUT2D eigenvalue weighted by atomic mass is 10.0. The van der Waals surface area contributed by atoms with Crippen molar-refractivity contribution >= 4 is 17.2 Å². The molecule has 0 aliphatic rings. The van der Waals surface area contributed by atoms with Gasteiger partial charge in [-0.3, -0.25) is 4.79 Å². The van der Waals surface area contributed by atoms with E-state index < -0.39 is 0 Å². The monoisotopic (exact) mass is 203 g/mol. The zero-order valence-electron chi connectivity index (χ0n) is 8.74. The van der Waals surface area contributed by atoms with Crippen LogP contribution in [0.2, 0.25) is 0 Å². The summed E-state index contributed by atoms with van der Waals surface area (Å²) < 4.78 is 0. The van der Waals surface area contributed by atoms with E-state index in [0.717, 1.165) is 17.4 Å². The molecule has 2 rings (SSSR count). The number of benzene rings is 1. The quantitative estimate of drug-likeness (QED) is 0.737. The first-order valence-corrected chi connectivity index (χ1v) is 4.92. The van der Waals surface area contributed by atoms with Gasteiger partial charge in [0.05, 0.1) is 5.69 Å². The molecule has 0 unspecified atom stereocenters. The summed E-state index contributed by atoms with van der Waals surface area (Å²) in [6.07, 6.45) is 0.745. The second-order valence-electron chi connectivity index (χ2n) is 4.00. The summed E-state index contributed by atoms with van der Waals surface area (Å²) in [5.74, 6) is 0.573. The maximum atomic E-state index is 10.6. The molecule has 2 aromatic rings. The maximum absolute atomic E-state index is 10.6. The number of carbonyl (C=O) groups excluding carboxylic acids is 1. The molecule has 3 heteroatoms. The van der Waals surface area contributed by atoms with Crippen molar-refractivity contribution in [1.82, 2.24) is 4.98 Å². The molecule has 1 heterocycles. The van der Waals surface area contributed by atoms with Gasteiger partial charge >= 0.3 is 0 Å². The molecule has 15 heavy (non-hydrogen) atoms. The number of hydrogen-bond donors (Lipinski definition) is 2. The van der Waals surface area contributed by atoms with E-state index in [0.29, 0.717) is 17.0 Å². The SMILES string of the molecule is CC(C)c1cc(O)c2cc(C=O)[nH]c2c1. The Hall–Kier alpha value is -1.77. The van der Waals surface area contributed by atoms with Crippen LogP contribution >= 0.6 is 0 Å². The molecule has 0 bridgehead atoms. The Balaban J connectivity index is 2.70. The Morgan fingerprint density at radius 1 is 1.33 bits per heavy atom. The fraction of sp³-hybridized carbons (Fsp3) is 0.250. The van der Waals surface area contributed by atoms with Gasteiger partial charge in [-0.25, -0.2) is 0 Å². The number of aromatic hydroxyl groups is 1.